The Morgan fingerprint density at radius 3 is 2.46 bits per heavy atom. The second-order valence-corrected chi connectivity index (χ2v) is 6.26. The van der Waals surface area contributed by atoms with Gasteiger partial charge in [0, 0.05) is 6.42 Å². The zero-order valence-electron chi connectivity index (χ0n) is 15.3. The summed E-state index contributed by atoms with van der Waals surface area (Å²) in [6.07, 6.45) is -0.167. The van der Waals surface area contributed by atoms with E-state index in [0.29, 0.717) is 0 Å². The van der Waals surface area contributed by atoms with E-state index in [1.54, 1.807) is 24.3 Å². The Labute approximate surface area is 152 Å². The van der Waals surface area contributed by atoms with Gasteiger partial charge < -0.3 is 15.5 Å². The van der Waals surface area contributed by atoms with Crippen LogP contribution >= 0.6 is 0 Å². The molecular weight excluding hydrogens is 340 g/mol. The van der Waals surface area contributed by atoms with Crippen molar-refractivity contribution in [2.24, 2.45) is 0 Å². The third-order valence-corrected chi connectivity index (χ3v) is 4.41. The number of hydrogen-bond acceptors (Lipinski definition) is 5. The summed E-state index contributed by atoms with van der Waals surface area (Å²) in [4.78, 5) is 47.4. The van der Waals surface area contributed by atoms with Gasteiger partial charge in [-0.3, -0.25) is 19.7 Å². The average Bonchev–Trinajstić information content (AvgIpc) is 3.03. The van der Waals surface area contributed by atoms with E-state index in [2.05, 4.69) is 10.6 Å². The van der Waals surface area contributed by atoms with Crippen LogP contribution < -0.4 is 10.6 Å². The van der Waals surface area contributed by atoms with Crippen molar-refractivity contribution in [1.82, 2.24) is 10.6 Å². The van der Waals surface area contributed by atoms with Crippen molar-refractivity contribution in [2.75, 3.05) is 0 Å². The first kappa shape index (κ1) is 18.1. The number of nitrogens with one attached hydrogen (secondary N) is 2. The molecule has 3 atom stereocenters. The van der Waals surface area contributed by atoms with Gasteiger partial charge in [-0.15, -0.1) is 0 Å². The van der Waals surface area contributed by atoms with Gasteiger partial charge in [0.25, 0.3) is 0 Å². The monoisotopic (exact) mass is 363 g/mol. The minimum atomic E-state index is -2.19. The highest BCUT2D eigenvalue weighted by Gasteiger charge is 2.52. The lowest BCUT2D eigenvalue weighted by Crippen LogP contribution is -2.61. The lowest BCUT2D eigenvalue weighted by atomic mass is 9.88. The third kappa shape index (κ3) is 4.26. The van der Waals surface area contributed by atoms with Crippen LogP contribution in [0.5, 0.6) is 0 Å². The molecule has 0 saturated carbocycles. The summed E-state index contributed by atoms with van der Waals surface area (Å²) in [5.74, 6) is -4.41. The fraction of sp³-hybridized carbons (Fsp3) is 0.444. The number of Topliss-reactive ketones (excluding diaryl/α,β-unsaturated/α-hetero) is 1. The second kappa shape index (κ2) is 8.09. The minimum absolute atomic E-state index is 0.107. The molecule has 1 aromatic carbocycles. The summed E-state index contributed by atoms with van der Waals surface area (Å²) in [7, 11) is 0. The summed E-state index contributed by atoms with van der Waals surface area (Å²) in [6.45, 7) is 1.30. The van der Waals surface area contributed by atoms with Crippen LogP contribution in [-0.4, -0.2) is 51.4 Å². The number of aliphatic carboxylic acids is 2. The Morgan fingerprint density at radius 1 is 1.31 bits per heavy atom. The fourth-order valence-corrected chi connectivity index (χ4v) is 2.97. The quantitative estimate of drug-likeness (QED) is 0.465. The highest BCUT2D eigenvalue weighted by Crippen LogP contribution is 2.23. The van der Waals surface area contributed by atoms with Crippen LogP contribution in [-0.2, 0) is 25.6 Å². The standard InChI is InChI=1S/C18H22N2O6/c1-11(15(22)18(17(25)26)10-9-14(21)20-18)19-13(16(23)24)8-7-12-5-3-2-4-6-12/h2-6,11,13,19H,7-10H2,1H3,(H,20,21)(H,23,24)(H,25,26)/t11-,13?,18+/m0/s1/i13D. The summed E-state index contributed by atoms with van der Waals surface area (Å²) in [5.41, 5.74) is -1.26. The van der Waals surface area contributed by atoms with Crippen molar-refractivity contribution in [3.05, 3.63) is 35.9 Å². The Balaban J connectivity index is 2.14. The van der Waals surface area contributed by atoms with Gasteiger partial charge in [0.1, 0.15) is 6.02 Å². The number of carbonyl (C=O) groups is 4. The number of carbonyl (C=O) groups excluding carboxylic acids is 2. The molecule has 1 saturated heterocycles. The molecule has 8 heteroatoms. The van der Waals surface area contributed by atoms with E-state index in [-0.39, 0.29) is 25.7 Å². The van der Waals surface area contributed by atoms with Crippen LogP contribution in [0, 0.1) is 0 Å². The number of benzene rings is 1. The van der Waals surface area contributed by atoms with E-state index in [0.717, 1.165) is 5.56 Å². The van der Waals surface area contributed by atoms with E-state index >= 15 is 0 Å². The van der Waals surface area contributed by atoms with Gasteiger partial charge in [-0.1, -0.05) is 30.3 Å². The van der Waals surface area contributed by atoms with Crippen LogP contribution in [0.4, 0.5) is 0 Å². The Bertz CT molecular complexity index is 755. The number of amides is 1. The van der Waals surface area contributed by atoms with Crippen LogP contribution in [0.1, 0.15) is 33.1 Å². The van der Waals surface area contributed by atoms with Gasteiger partial charge in [-0.2, -0.15) is 0 Å². The van der Waals surface area contributed by atoms with E-state index in [4.69, 9.17) is 1.37 Å². The number of ketones is 1. The maximum absolute atomic E-state index is 12.7. The number of carboxylic acid groups (broad SMARTS) is 2. The molecule has 0 radical (unpaired) electrons. The van der Waals surface area contributed by atoms with Gasteiger partial charge in [0.05, 0.1) is 7.41 Å². The predicted octanol–water partition coefficient (Wildman–Crippen LogP) is 0.353. The Kier molecular flexibility index (Phi) is 5.62. The molecule has 1 amide bonds. The predicted molar refractivity (Wildman–Crippen MR) is 91.5 cm³/mol. The van der Waals surface area contributed by atoms with Gasteiger partial charge in [-0.25, -0.2) is 4.79 Å². The lowest BCUT2D eigenvalue weighted by Gasteiger charge is -2.28. The van der Waals surface area contributed by atoms with E-state index in [1.807, 2.05) is 6.07 Å². The first-order chi connectivity index (χ1) is 12.6. The third-order valence-electron chi connectivity index (χ3n) is 4.41. The first-order valence-corrected chi connectivity index (χ1v) is 8.24. The topological polar surface area (TPSA) is 133 Å². The minimum Gasteiger partial charge on any atom is -0.480 e. The van der Waals surface area contributed by atoms with Gasteiger partial charge >= 0.3 is 11.9 Å². The molecule has 26 heavy (non-hydrogen) atoms. The molecule has 1 aliphatic heterocycles. The lowest BCUT2D eigenvalue weighted by molar-refractivity contribution is -0.151. The van der Waals surface area contributed by atoms with Crippen LogP contribution in [0.3, 0.4) is 0 Å². The highest BCUT2D eigenvalue weighted by atomic mass is 16.4. The Morgan fingerprint density at radius 2 is 1.96 bits per heavy atom. The van der Waals surface area contributed by atoms with E-state index < -0.39 is 41.2 Å². The molecule has 1 unspecified atom stereocenters. The van der Waals surface area contributed by atoms with Crippen molar-refractivity contribution >= 4 is 23.6 Å². The number of aryl methyl sites for hydroxylation is 1. The van der Waals surface area contributed by atoms with Crippen molar-refractivity contribution in [3.63, 3.8) is 0 Å². The molecule has 0 bridgehead atoms. The maximum atomic E-state index is 12.7. The zero-order valence-corrected chi connectivity index (χ0v) is 14.3. The van der Waals surface area contributed by atoms with Crippen LogP contribution in [0.15, 0.2) is 30.3 Å². The number of rotatable bonds is 9. The second-order valence-electron chi connectivity index (χ2n) is 6.26. The van der Waals surface area contributed by atoms with Gasteiger partial charge in [-0.05, 0) is 31.7 Å². The fourth-order valence-electron chi connectivity index (χ4n) is 2.97. The molecule has 0 aliphatic carbocycles. The largest absolute Gasteiger partial charge is 0.480 e. The summed E-state index contributed by atoms with van der Waals surface area (Å²) >= 11 is 0. The average molecular weight is 363 g/mol. The van der Waals surface area contributed by atoms with Crippen molar-refractivity contribution in [2.45, 2.75) is 50.2 Å². The molecule has 4 N–H and O–H groups in total. The summed E-state index contributed by atoms with van der Waals surface area (Å²) in [6, 6.07) is 5.54. The zero-order chi connectivity index (χ0) is 20.2. The molecule has 2 rings (SSSR count). The van der Waals surface area contributed by atoms with Crippen LogP contribution in [0.25, 0.3) is 0 Å². The molecule has 1 aliphatic rings. The Hall–Kier alpha value is -2.74. The van der Waals surface area contributed by atoms with E-state index in [9.17, 15) is 29.4 Å². The molecular formula is C18H22N2O6. The number of hydrogen-bond donors (Lipinski definition) is 4. The van der Waals surface area contributed by atoms with Gasteiger partial charge in [0.15, 0.2) is 11.3 Å². The number of carboxylic acids is 2. The van der Waals surface area contributed by atoms with Crippen molar-refractivity contribution < 1.29 is 30.8 Å². The maximum Gasteiger partial charge on any atom is 0.337 e. The summed E-state index contributed by atoms with van der Waals surface area (Å²) < 4.78 is 8.23. The molecule has 1 aromatic rings. The normalized spacial score (nSPS) is 23.4. The highest BCUT2D eigenvalue weighted by molar-refractivity contribution is 6.14. The van der Waals surface area contributed by atoms with Crippen molar-refractivity contribution in [1.29, 1.82) is 0 Å². The van der Waals surface area contributed by atoms with Gasteiger partial charge in [0.2, 0.25) is 5.91 Å². The molecule has 8 nitrogen and oxygen atoms in total. The van der Waals surface area contributed by atoms with Crippen molar-refractivity contribution in [3.8, 4) is 0 Å². The summed E-state index contributed by atoms with van der Waals surface area (Å²) in [5, 5.41) is 23.5. The first-order valence-electron chi connectivity index (χ1n) is 8.74. The molecule has 140 valence electrons. The SMILES string of the molecule is [2H]C(CCc1ccccc1)(N[C@@H](C)C(=O)[C@@]1(C(=O)O)CCC(=O)N1)C(=O)O. The van der Waals surface area contributed by atoms with E-state index in [1.165, 1.54) is 6.92 Å². The smallest absolute Gasteiger partial charge is 0.337 e. The molecule has 0 spiro atoms. The van der Waals surface area contributed by atoms with Crippen LogP contribution in [0.2, 0.25) is 0 Å². The molecule has 0 aromatic heterocycles. The molecule has 1 heterocycles. The molecule has 1 fully saturated rings.